The maximum Gasteiger partial charge on any atom is 0.132 e. The van der Waals surface area contributed by atoms with Gasteiger partial charge in [-0.2, -0.15) is 0 Å². The van der Waals surface area contributed by atoms with Crippen molar-refractivity contribution in [1.82, 2.24) is 9.97 Å². The number of hydrogen-bond acceptors (Lipinski definition) is 4. The zero-order chi connectivity index (χ0) is 10.8. The second-order valence-electron chi connectivity index (χ2n) is 4.34. The Bertz CT molecular complexity index is 340. The van der Waals surface area contributed by atoms with Gasteiger partial charge in [-0.3, -0.25) is 0 Å². The molecule has 1 fully saturated rings. The monoisotopic (exact) mass is 207 g/mol. The van der Waals surface area contributed by atoms with Crippen LogP contribution in [0.15, 0.2) is 12.4 Å². The van der Waals surface area contributed by atoms with Gasteiger partial charge in [0.15, 0.2) is 0 Å². The molecule has 1 aliphatic rings. The second kappa shape index (κ2) is 4.14. The largest absolute Gasteiger partial charge is 0.391 e. The predicted octanol–water partition coefficient (Wildman–Crippen LogP) is 1.17. The van der Waals surface area contributed by atoms with E-state index in [1.165, 1.54) is 0 Å². The molecule has 0 bridgehead atoms. The Morgan fingerprint density at radius 1 is 1.47 bits per heavy atom. The quantitative estimate of drug-likeness (QED) is 0.791. The standard InChI is InChI=1S/C11H17N3O/c1-8(2)10-5-11(13-7-12-10)14-4-3-9(15)6-14/h5,7-9,15H,3-4,6H2,1-2H3/t9-/m0/s1. The summed E-state index contributed by atoms with van der Waals surface area (Å²) in [5, 5.41) is 9.45. The Kier molecular flexibility index (Phi) is 2.86. The summed E-state index contributed by atoms with van der Waals surface area (Å²) >= 11 is 0. The molecule has 1 N–H and O–H groups in total. The van der Waals surface area contributed by atoms with E-state index in [-0.39, 0.29) is 6.10 Å². The van der Waals surface area contributed by atoms with Crippen LogP contribution in [0, 0.1) is 0 Å². The first kappa shape index (κ1) is 10.4. The minimum atomic E-state index is -0.206. The lowest BCUT2D eigenvalue weighted by Gasteiger charge is -2.17. The summed E-state index contributed by atoms with van der Waals surface area (Å²) in [6, 6.07) is 2.02. The van der Waals surface area contributed by atoms with E-state index in [2.05, 4.69) is 28.7 Å². The first-order valence-corrected chi connectivity index (χ1v) is 5.42. The Balaban J connectivity index is 2.18. The van der Waals surface area contributed by atoms with Crippen LogP contribution in [0.5, 0.6) is 0 Å². The molecule has 15 heavy (non-hydrogen) atoms. The van der Waals surface area contributed by atoms with Gasteiger partial charge in [0.05, 0.1) is 6.10 Å². The van der Waals surface area contributed by atoms with Crippen LogP contribution in [0.25, 0.3) is 0 Å². The van der Waals surface area contributed by atoms with E-state index in [0.29, 0.717) is 12.5 Å². The van der Waals surface area contributed by atoms with E-state index in [4.69, 9.17) is 0 Å². The van der Waals surface area contributed by atoms with Crippen molar-refractivity contribution >= 4 is 5.82 Å². The smallest absolute Gasteiger partial charge is 0.132 e. The van der Waals surface area contributed by atoms with E-state index in [1.807, 2.05) is 6.07 Å². The van der Waals surface area contributed by atoms with Gasteiger partial charge >= 0.3 is 0 Å². The van der Waals surface area contributed by atoms with Gasteiger partial charge in [-0.05, 0) is 12.3 Å². The molecular formula is C11H17N3O. The molecule has 0 spiro atoms. The minimum Gasteiger partial charge on any atom is -0.391 e. The number of nitrogens with zero attached hydrogens (tertiary/aromatic N) is 3. The van der Waals surface area contributed by atoms with Crippen LogP contribution in [-0.2, 0) is 0 Å². The molecule has 1 aliphatic heterocycles. The Hall–Kier alpha value is -1.16. The number of aliphatic hydroxyl groups excluding tert-OH is 1. The maximum atomic E-state index is 9.45. The van der Waals surface area contributed by atoms with Crippen molar-refractivity contribution in [3.63, 3.8) is 0 Å². The van der Waals surface area contributed by atoms with Crippen LogP contribution < -0.4 is 4.90 Å². The molecule has 82 valence electrons. The summed E-state index contributed by atoms with van der Waals surface area (Å²) in [4.78, 5) is 10.6. The van der Waals surface area contributed by atoms with Crippen molar-refractivity contribution < 1.29 is 5.11 Å². The van der Waals surface area contributed by atoms with Gasteiger partial charge in [-0.25, -0.2) is 9.97 Å². The van der Waals surface area contributed by atoms with Crippen molar-refractivity contribution in [1.29, 1.82) is 0 Å². The molecule has 0 saturated carbocycles. The number of aliphatic hydroxyl groups is 1. The van der Waals surface area contributed by atoms with Crippen LogP contribution in [0.2, 0.25) is 0 Å². The highest BCUT2D eigenvalue weighted by molar-refractivity contribution is 5.40. The fraction of sp³-hybridized carbons (Fsp3) is 0.636. The van der Waals surface area contributed by atoms with Crippen LogP contribution in [0.1, 0.15) is 31.9 Å². The summed E-state index contributed by atoms with van der Waals surface area (Å²) < 4.78 is 0. The lowest BCUT2D eigenvalue weighted by Crippen LogP contribution is -2.22. The minimum absolute atomic E-state index is 0.206. The highest BCUT2D eigenvalue weighted by atomic mass is 16.3. The molecule has 4 nitrogen and oxygen atoms in total. The highest BCUT2D eigenvalue weighted by Crippen LogP contribution is 2.20. The van der Waals surface area contributed by atoms with Gasteiger partial charge in [-0.15, -0.1) is 0 Å². The number of anilines is 1. The zero-order valence-corrected chi connectivity index (χ0v) is 9.22. The van der Waals surface area contributed by atoms with Crippen LogP contribution in [0.3, 0.4) is 0 Å². The number of aromatic nitrogens is 2. The fourth-order valence-electron chi connectivity index (χ4n) is 1.80. The molecule has 0 radical (unpaired) electrons. The topological polar surface area (TPSA) is 49.2 Å². The van der Waals surface area contributed by atoms with Crippen molar-refractivity contribution in [2.75, 3.05) is 18.0 Å². The first-order valence-electron chi connectivity index (χ1n) is 5.42. The molecule has 4 heteroatoms. The van der Waals surface area contributed by atoms with E-state index < -0.39 is 0 Å². The van der Waals surface area contributed by atoms with Crippen molar-refractivity contribution in [3.8, 4) is 0 Å². The summed E-state index contributed by atoms with van der Waals surface area (Å²) in [5.41, 5.74) is 1.06. The Morgan fingerprint density at radius 3 is 2.87 bits per heavy atom. The molecule has 2 rings (SSSR count). The van der Waals surface area contributed by atoms with E-state index >= 15 is 0 Å². The Morgan fingerprint density at radius 2 is 2.27 bits per heavy atom. The SMILES string of the molecule is CC(C)c1cc(N2CC[C@H](O)C2)ncn1. The van der Waals surface area contributed by atoms with Gasteiger partial charge < -0.3 is 10.0 Å². The number of β-amino-alcohol motifs (C(OH)–C–C–N with tert-alkyl or cyclic N) is 1. The maximum absolute atomic E-state index is 9.45. The van der Waals surface area contributed by atoms with Gasteiger partial charge in [0, 0.05) is 24.8 Å². The summed E-state index contributed by atoms with van der Waals surface area (Å²) in [6.45, 7) is 5.81. The summed E-state index contributed by atoms with van der Waals surface area (Å²) in [7, 11) is 0. The van der Waals surface area contributed by atoms with E-state index in [0.717, 1.165) is 24.5 Å². The Labute approximate surface area is 90.0 Å². The van der Waals surface area contributed by atoms with Crippen LogP contribution in [0.4, 0.5) is 5.82 Å². The van der Waals surface area contributed by atoms with Crippen molar-refractivity contribution in [2.24, 2.45) is 0 Å². The second-order valence-corrected chi connectivity index (χ2v) is 4.34. The molecule has 0 amide bonds. The molecular weight excluding hydrogens is 190 g/mol. The molecule has 1 aromatic heterocycles. The van der Waals surface area contributed by atoms with Gasteiger partial charge in [0.1, 0.15) is 12.1 Å². The lowest BCUT2D eigenvalue weighted by atomic mass is 10.1. The number of rotatable bonds is 2. The average molecular weight is 207 g/mol. The number of hydrogen-bond donors (Lipinski definition) is 1. The van der Waals surface area contributed by atoms with Gasteiger partial charge in [0.2, 0.25) is 0 Å². The van der Waals surface area contributed by atoms with E-state index in [1.54, 1.807) is 6.33 Å². The van der Waals surface area contributed by atoms with Gasteiger partial charge in [0.25, 0.3) is 0 Å². The molecule has 1 atom stereocenters. The molecule has 1 saturated heterocycles. The molecule has 0 aromatic carbocycles. The third-order valence-electron chi connectivity index (χ3n) is 2.75. The summed E-state index contributed by atoms with van der Waals surface area (Å²) in [6.07, 6.45) is 2.23. The molecule has 0 unspecified atom stereocenters. The third kappa shape index (κ3) is 2.26. The molecule has 2 heterocycles. The molecule has 1 aromatic rings. The van der Waals surface area contributed by atoms with Crippen LogP contribution in [-0.4, -0.2) is 34.3 Å². The van der Waals surface area contributed by atoms with Crippen molar-refractivity contribution in [3.05, 3.63) is 18.1 Å². The average Bonchev–Trinajstić information content (AvgIpc) is 2.65. The normalized spacial score (nSPS) is 21.3. The lowest BCUT2D eigenvalue weighted by molar-refractivity contribution is 0.198. The van der Waals surface area contributed by atoms with Crippen LogP contribution >= 0.6 is 0 Å². The fourth-order valence-corrected chi connectivity index (χ4v) is 1.80. The van der Waals surface area contributed by atoms with Gasteiger partial charge in [-0.1, -0.05) is 13.8 Å². The highest BCUT2D eigenvalue weighted by Gasteiger charge is 2.21. The summed E-state index contributed by atoms with van der Waals surface area (Å²) in [5.74, 6) is 1.35. The van der Waals surface area contributed by atoms with Crippen molar-refractivity contribution in [2.45, 2.75) is 32.3 Å². The molecule has 0 aliphatic carbocycles. The van der Waals surface area contributed by atoms with E-state index in [9.17, 15) is 5.11 Å². The third-order valence-corrected chi connectivity index (χ3v) is 2.75. The predicted molar refractivity (Wildman–Crippen MR) is 59.0 cm³/mol. The zero-order valence-electron chi connectivity index (χ0n) is 9.22. The first-order chi connectivity index (χ1) is 7.16.